The van der Waals surface area contributed by atoms with Gasteiger partial charge in [0.2, 0.25) is 0 Å². The summed E-state index contributed by atoms with van der Waals surface area (Å²) in [4.78, 5) is 10.8. The second-order valence-electron chi connectivity index (χ2n) is 3.73. The quantitative estimate of drug-likeness (QED) is 0.742. The number of benzene rings is 1. The summed E-state index contributed by atoms with van der Waals surface area (Å²) in [6, 6.07) is 5.34. The molecule has 1 aliphatic rings. The van der Waals surface area contributed by atoms with Crippen molar-refractivity contribution < 1.29 is 9.90 Å². The highest BCUT2D eigenvalue weighted by molar-refractivity contribution is 5.88. The van der Waals surface area contributed by atoms with Crippen molar-refractivity contribution in [2.45, 2.75) is 12.8 Å². The first-order valence-corrected chi connectivity index (χ1v) is 4.73. The van der Waals surface area contributed by atoms with E-state index in [0.29, 0.717) is 11.5 Å². The Labute approximate surface area is 82.8 Å². The van der Waals surface area contributed by atoms with Gasteiger partial charge < -0.3 is 10.4 Å². The third kappa shape index (κ3) is 1.51. The fraction of sp³-hybridized carbons (Fsp3) is 0.364. The molecule has 0 saturated carbocycles. The Hall–Kier alpha value is -1.35. The number of aryl methyl sites for hydroxylation is 1. The summed E-state index contributed by atoms with van der Waals surface area (Å²) < 4.78 is 0. The fourth-order valence-corrected chi connectivity index (χ4v) is 1.72. The minimum Gasteiger partial charge on any atom is -0.478 e. The molecule has 0 unspecified atom stereocenters. The van der Waals surface area contributed by atoms with Crippen LogP contribution >= 0.6 is 0 Å². The summed E-state index contributed by atoms with van der Waals surface area (Å²) in [5.74, 6) is -0.354. The van der Waals surface area contributed by atoms with Crippen LogP contribution in [0.4, 0.5) is 0 Å². The van der Waals surface area contributed by atoms with E-state index in [0.717, 1.165) is 13.1 Å². The van der Waals surface area contributed by atoms with E-state index in [2.05, 4.69) is 5.32 Å². The van der Waals surface area contributed by atoms with Crippen molar-refractivity contribution in [1.82, 2.24) is 5.32 Å². The summed E-state index contributed by atoms with van der Waals surface area (Å²) >= 11 is 0. The summed E-state index contributed by atoms with van der Waals surface area (Å²) in [5.41, 5.74) is 2.74. The normalized spacial score (nSPS) is 16.4. The lowest BCUT2D eigenvalue weighted by atomic mass is 9.89. The summed E-state index contributed by atoms with van der Waals surface area (Å²) in [7, 11) is 0. The molecule has 1 heterocycles. The molecule has 74 valence electrons. The van der Waals surface area contributed by atoms with E-state index in [-0.39, 0.29) is 0 Å². The molecule has 0 bridgehead atoms. The average molecular weight is 191 g/mol. The molecule has 0 atom stereocenters. The van der Waals surface area contributed by atoms with Crippen LogP contribution in [-0.2, 0) is 0 Å². The molecule has 0 radical (unpaired) electrons. The Morgan fingerprint density at radius 3 is 2.71 bits per heavy atom. The Morgan fingerprint density at radius 1 is 1.50 bits per heavy atom. The number of carboxylic acid groups (broad SMARTS) is 1. The molecule has 14 heavy (non-hydrogen) atoms. The topological polar surface area (TPSA) is 49.3 Å². The van der Waals surface area contributed by atoms with Crippen molar-refractivity contribution in [3.05, 3.63) is 34.9 Å². The second-order valence-corrected chi connectivity index (χ2v) is 3.73. The van der Waals surface area contributed by atoms with Crippen molar-refractivity contribution >= 4 is 5.97 Å². The van der Waals surface area contributed by atoms with Gasteiger partial charge in [-0.3, -0.25) is 0 Å². The number of rotatable bonds is 2. The molecule has 2 rings (SSSR count). The molecular formula is C11H13NO2. The molecule has 3 heteroatoms. The zero-order chi connectivity index (χ0) is 10.1. The Bertz CT molecular complexity index is 370. The second kappa shape index (κ2) is 3.42. The van der Waals surface area contributed by atoms with Gasteiger partial charge in [0.1, 0.15) is 0 Å². The maximum Gasteiger partial charge on any atom is 0.335 e. The zero-order valence-corrected chi connectivity index (χ0v) is 8.08. The minimum atomic E-state index is -0.849. The van der Waals surface area contributed by atoms with Crippen molar-refractivity contribution in [1.29, 1.82) is 0 Å². The maximum atomic E-state index is 10.8. The first-order valence-electron chi connectivity index (χ1n) is 4.73. The zero-order valence-electron chi connectivity index (χ0n) is 8.08. The Morgan fingerprint density at radius 2 is 2.21 bits per heavy atom. The number of nitrogens with one attached hydrogen (secondary N) is 1. The lowest BCUT2D eigenvalue weighted by Gasteiger charge is -2.29. The van der Waals surface area contributed by atoms with Gasteiger partial charge in [-0.25, -0.2) is 4.79 Å². The van der Waals surface area contributed by atoms with Crippen molar-refractivity contribution in [2.24, 2.45) is 0 Å². The Balaban J connectivity index is 2.36. The van der Waals surface area contributed by atoms with Gasteiger partial charge in [0.25, 0.3) is 0 Å². The van der Waals surface area contributed by atoms with Crippen molar-refractivity contribution in [3.63, 3.8) is 0 Å². The minimum absolute atomic E-state index is 0.387. The summed E-state index contributed by atoms with van der Waals surface area (Å²) in [5, 5.41) is 12.0. The van der Waals surface area contributed by atoms with Crippen LogP contribution in [0, 0.1) is 6.92 Å². The van der Waals surface area contributed by atoms with E-state index in [1.165, 1.54) is 11.1 Å². The van der Waals surface area contributed by atoms with E-state index in [4.69, 9.17) is 5.11 Å². The molecule has 0 spiro atoms. The maximum absolute atomic E-state index is 10.8. The van der Waals surface area contributed by atoms with Crippen LogP contribution in [-0.4, -0.2) is 24.2 Å². The van der Waals surface area contributed by atoms with Crippen molar-refractivity contribution in [3.8, 4) is 0 Å². The third-order valence-corrected chi connectivity index (χ3v) is 2.75. The van der Waals surface area contributed by atoms with Crippen LogP contribution < -0.4 is 5.32 Å². The first-order chi connectivity index (χ1) is 6.68. The number of aromatic carboxylic acids is 1. The van der Waals surface area contributed by atoms with Gasteiger partial charge in [0.15, 0.2) is 0 Å². The van der Waals surface area contributed by atoms with E-state index in [1.807, 2.05) is 13.0 Å². The molecule has 3 nitrogen and oxygen atoms in total. The van der Waals surface area contributed by atoms with Crippen LogP contribution in [0.15, 0.2) is 18.2 Å². The molecule has 1 aromatic carbocycles. The molecule has 0 amide bonds. The number of carboxylic acids is 1. The van der Waals surface area contributed by atoms with Crippen LogP contribution in [0.1, 0.15) is 27.4 Å². The van der Waals surface area contributed by atoms with Gasteiger partial charge in [-0.2, -0.15) is 0 Å². The van der Waals surface area contributed by atoms with Crippen LogP contribution in [0.5, 0.6) is 0 Å². The molecule has 2 N–H and O–H groups in total. The first kappa shape index (κ1) is 9.21. The molecule has 1 aliphatic heterocycles. The van der Waals surface area contributed by atoms with Gasteiger partial charge in [-0.1, -0.05) is 6.07 Å². The highest BCUT2D eigenvalue weighted by Crippen LogP contribution is 2.24. The van der Waals surface area contributed by atoms with E-state index < -0.39 is 5.97 Å². The van der Waals surface area contributed by atoms with Crippen LogP contribution in [0.2, 0.25) is 0 Å². The largest absolute Gasteiger partial charge is 0.478 e. The third-order valence-electron chi connectivity index (χ3n) is 2.75. The predicted molar refractivity (Wildman–Crippen MR) is 53.7 cm³/mol. The molecule has 1 aromatic rings. The SMILES string of the molecule is Cc1ccc(C(=O)O)cc1C1CNC1. The van der Waals surface area contributed by atoms with Crippen LogP contribution in [0.25, 0.3) is 0 Å². The molecule has 0 aliphatic carbocycles. The highest BCUT2D eigenvalue weighted by atomic mass is 16.4. The Kier molecular flexibility index (Phi) is 2.25. The molecule has 1 fully saturated rings. The predicted octanol–water partition coefficient (Wildman–Crippen LogP) is 1.38. The van der Waals surface area contributed by atoms with Crippen LogP contribution in [0.3, 0.4) is 0 Å². The van der Waals surface area contributed by atoms with Gasteiger partial charge in [0.05, 0.1) is 5.56 Å². The van der Waals surface area contributed by atoms with E-state index in [9.17, 15) is 4.79 Å². The van der Waals surface area contributed by atoms with Gasteiger partial charge in [0, 0.05) is 19.0 Å². The van der Waals surface area contributed by atoms with Gasteiger partial charge in [-0.15, -0.1) is 0 Å². The smallest absolute Gasteiger partial charge is 0.335 e. The fourth-order valence-electron chi connectivity index (χ4n) is 1.72. The monoisotopic (exact) mass is 191 g/mol. The van der Waals surface area contributed by atoms with Crippen molar-refractivity contribution in [2.75, 3.05) is 13.1 Å². The van der Waals surface area contributed by atoms with Gasteiger partial charge in [-0.05, 0) is 30.2 Å². The lowest BCUT2D eigenvalue weighted by molar-refractivity contribution is 0.0696. The summed E-state index contributed by atoms with van der Waals surface area (Å²) in [6.07, 6.45) is 0. The average Bonchev–Trinajstić information content (AvgIpc) is 2.05. The van der Waals surface area contributed by atoms with E-state index >= 15 is 0 Å². The standard InChI is InChI=1S/C11H13NO2/c1-7-2-3-8(11(13)14)4-10(7)9-5-12-6-9/h2-4,9,12H,5-6H2,1H3,(H,13,14). The van der Waals surface area contributed by atoms with Gasteiger partial charge >= 0.3 is 5.97 Å². The molecular weight excluding hydrogens is 178 g/mol. The highest BCUT2D eigenvalue weighted by Gasteiger charge is 2.21. The number of carbonyl (C=O) groups is 1. The number of hydrogen-bond donors (Lipinski definition) is 2. The molecule has 0 aromatic heterocycles. The number of hydrogen-bond acceptors (Lipinski definition) is 2. The molecule has 1 saturated heterocycles. The lowest BCUT2D eigenvalue weighted by Crippen LogP contribution is -2.40. The summed E-state index contributed by atoms with van der Waals surface area (Å²) in [6.45, 7) is 3.95. The van der Waals surface area contributed by atoms with E-state index in [1.54, 1.807) is 12.1 Å².